The number of hydrogen-bond donors (Lipinski definition) is 3. The fourth-order valence-electron chi connectivity index (χ4n) is 15.6. The molecule has 8 aromatic heterocycles. The molecule has 786 valence electrons. The van der Waals surface area contributed by atoms with Crippen LogP contribution in [0.4, 0.5) is 16.3 Å². The van der Waals surface area contributed by atoms with Crippen molar-refractivity contribution in [3.63, 3.8) is 0 Å². The first-order chi connectivity index (χ1) is 65.1. The molecule has 2 aromatic carbocycles. The molecule has 0 atom stereocenters. The number of benzene rings is 2. The largest absolute Gasteiger partial charge is 0.497 e. The Morgan fingerprint density at radius 1 is 0.401 bits per heavy atom. The summed E-state index contributed by atoms with van der Waals surface area (Å²) in [5.41, 5.74) is 36.8. The van der Waals surface area contributed by atoms with Crippen molar-refractivity contribution >= 4 is 50.3 Å². The molecule has 0 spiro atoms. The molecule has 0 aliphatic rings. The summed E-state index contributed by atoms with van der Waals surface area (Å²) < 4.78 is 18.4. The van der Waals surface area contributed by atoms with E-state index in [-0.39, 0.29) is 50.0 Å². The number of aromatic nitrogens is 16. The van der Waals surface area contributed by atoms with Crippen molar-refractivity contribution in [2.45, 2.75) is 363 Å². The van der Waals surface area contributed by atoms with Gasteiger partial charge in [0.05, 0.1) is 118 Å². The Morgan fingerprint density at radius 3 is 1.11 bits per heavy atom. The van der Waals surface area contributed by atoms with E-state index >= 15 is 0 Å². The van der Waals surface area contributed by atoms with Gasteiger partial charge in [0.1, 0.15) is 47.4 Å². The predicted octanol–water partition coefficient (Wildman–Crippen LogP) is 23.9. The highest BCUT2D eigenvalue weighted by atomic mass is 79.9. The van der Waals surface area contributed by atoms with E-state index in [4.69, 9.17) is 47.7 Å². The van der Waals surface area contributed by atoms with Gasteiger partial charge in [-0.05, 0) is 212 Å². The van der Waals surface area contributed by atoms with Gasteiger partial charge in [-0.2, -0.15) is 0 Å². The number of nitrogens with two attached hydrogens (primary N) is 2. The van der Waals surface area contributed by atoms with E-state index in [0.717, 1.165) is 206 Å². The lowest BCUT2D eigenvalue weighted by Gasteiger charge is -2.25. The number of hydrogen-bond acceptors (Lipinski definition) is 25. The second-order valence-electron chi connectivity index (χ2n) is 46.8. The monoisotopic (exact) mass is 2040 g/mol. The van der Waals surface area contributed by atoms with Gasteiger partial charge in [-0.25, -0.2) is 84.1 Å². The second-order valence-corrected chi connectivity index (χ2v) is 48.0. The number of halogens is 3. The Balaban J connectivity index is 0.000000418. The van der Waals surface area contributed by atoms with Gasteiger partial charge in [-0.15, -0.1) is 13.2 Å². The molecule has 8 heterocycles. The highest BCUT2D eigenvalue weighted by Gasteiger charge is 2.31. The quantitative estimate of drug-likeness (QED) is 0.0374. The average Bonchev–Trinajstić information content (AvgIpc) is 0.771. The first-order valence-electron chi connectivity index (χ1n) is 49.7. The number of nitrogens with zero attached hydrogens (tertiary/aromatic N) is 21. The van der Waals surface area contributed by atoms with E-state index in [1.54, 1.807) is 7.11 Å². The van der Waals surface area contributed by atoms with Crippen molar-refractivity contribution in [1.82, 2.24) is 110 Å². The molecule has 0 bridgehead atoms. The molecule has 25 nitrogen and oxygen atoms in total. The van der Waals surface area contributed by atoms with Gasteiger partial charge < -0.3 is 46.0 Å². The predicted molar refractivity (Wildman–Crippen MR) is 599 cm³/mol. The van der Waals surface area contributed by atoms with E-state index in [9.17, 15) is 4.39 Å². The summed E-state index contributed by atoms with van der Waals surface area (Å²) >= 11 is 9.83. The van der Waals surface area contributed by atoms with Crippen LogP contribution in [0.2, 0.25) is 5.02 Å². The summed E-state index contributed by atoms with van der Waals surface area (Å²) in [5.74, 6) is 7.09. The molecule has 0 saturated carbocycles. The first-order valence-corrected chi connectivity index (χ1v) is 50.9. The SMILES string of the molecule is C=CCc1c(C)nc(CN(C)C)nc1C(C)(C)C.C=CCc1c(C)nc(N)nc1C(C)(C)C.CCCc1c(C)nc(CN(C)C)nc1C(C)(C)C.COc1ccc2c(C(C)(C)C)nc(CN(C)C)nc2c1.Cc1ccc(Cc2c(C)nc(N)nc2C(C)(C)C)cc1.Cc1nc(CN(C)C)nc(C(C)(C)C)c1Br.Cc1nc(CN(C)C)nc(C(C)(C)C)c1Cl.Cc1nc(CNCCF)nc(C(C)(C)C)c1C(C)C. The summed E-state index contributed by atoms with van der Waals surface area (Å²) in [6.45, 7) is 86.7. The van der Waals surface area contributed by atoms with Crippen molar-refractivity contribution in [2.24, 2.45) is 0 Å². The molecular formula is C114H183BrClFN24O. The Bertz CT molecular complexity index is 5620. The second kappa shape index (κ2) is 55.3. The Kier molecular flexibility index (Phi) is 49.4. The number of fused-ring (bicyclic) bond motifs is 1. The van der Waals surface area contributed by atoms with Crippen LogP contribution in [0, 0.1) is 55.4 Å². The lowest BCUT2D eigenvalue weighted by molar-refractivity contribution is 0.386. The Morgan fingerprint density at radius 2 is 0.732 bits per heavy atom. The number of allylic oxidation sites excluding steroid dienone is 2. The normalized spacial score (nSPS) is 12.0. The van der Waals surface area contributed by atoms with Crippen LogP contribution in [0.3, 0.4) is 0 Å². The Labute approximate surface area is 871 Å². The highest BCUT2D eigenvalue weighted by molar-refractivity contribution is 9.10. The molecule has 0 aliphatic heterocycles. The molecule has 0 unspecified atom stereocenters. The summed E-state index contributed by atoms with van der Waals surface area (Å²) in [4.78, 5) is 83.4. The zero-order valence-electron chi connectivity index (χ0n) is 96.5. The fraction of sp³-hybridized carbons (Fsp3) is 0.596. The number of rotatable bonds is 24. The molecule has 0 fully saturated rings. The van der Waals surface area contributed by atoms with Gasteiger partial charge in [0.25, 0.3) is 0 Å². The van der Waals surface area contributed by atoms with Crippen molar-refractivity contribution in [3.8, 4) is 5.75 Å². The Hall–Kier alpha value is -9.32. The third kappa shape index (κ3) is 41.7. The smallest absolute Gasteiger partial charge is 0.220 e. The maximum atomic E-state index is 12.1. The average molecular weight is 2040 g/mol. The van der Waals surface area contributed by atoms with Crippen LogP contribution in [0.15, 0.2) is 72.2 Å². The van der Waals surface area contributed by atoms with E-state index < -0.39 is 0 Å². The zero-order chi connectivity index (χ0) is 109. The molecule has 0 saturated heterocycles. The van der Waals surface area contributed by atoms with Gasteiger partial charge in [-0.1, -0.05) is 247 Å². The van der Waals surface area contributed by atoms with Crippen molar-refractivity contribution in [1.29, 1.82) is 0 Å². The number of anilines is 2. The molecule has 5 N–H and O–H groups in total. The summed E-state index contributed by atoms with van der Waals surface area (Å²) in [7, 11) is 22.0. The minimum atomic E-state index is -0.366. The van der Waals surface area contributed by atoms with Crippen LogP contribution in [-0.4, -0.2) is 195 Å². The van der Waals surface area contributed by atoms with Gasteiger partial charge in [0, 0.05) is 96.2 Å². The third-order valence-corrected chi connectivity index (χ3v) is 23.4. The van der Waals surface area contributed by atoms with Crippen molar-refractivity contribution in [2.75, 3.05) is 102 Å². The number of nitrogens with one attached hydrogen (secondary N) is 1. The number of alkyl halides is 1. The molecule has 28 heteroatoms. The first kappa shape index (κ1) is 127. The van der Waals surface area contributed by atoms with Crippen LogP contribution >= 0.6 is 27.5 Å². The molecule has 142 heavy (non-hydrogen) atoms. The number of nitrogen functional groups attached to an aromatic ring is 2. The molecular weight excluding hydrogens is 1860 g/mol. The van der Waals surface area contributed by atoms with E-state index in [1.807, 2.05) is 121 Å². The minimum Gasteiger partial charge on any atom is -0.497 e. The maximum absolute atomic E-state index is 12.1. The van der Waals surface area contributed by atoms with Crippen LogP contribution in [0.25, 0.3) is 10.9 Å². The lowest BCUT2D eigenvalue weighted by atomic mass is 9.84. The highest BCUT2D eigenvalue weighted by Crippen LogP contribution is 2.37. The van der Waals surface area contributed by atoms with E-state index in [2.05, 4.69) is 365 Å². The van der Waals surface area contributed by atoms with Crippen LogP contribution < -0.4 is 21.5 Å². The zero-order valence-corrected chi connectivity index (χ0v) is 98.8. The topological polar surface area (TPSA) is 296 Å². The van der Waals surface area contributed by atoms with Gasteiger partial charge >= 0.3 is 0 Å². The maximum Gasteiger partial charge on any atom is 0.220 e. The van der Waals surface area contributed by atoms with Crippen molar-refractivity contribution < 1.29 is 9.13 Å². The summed E-state index contributed by atoms with van der Waals surface area (Å²) in [6, 6.07) is 14.6. The number of aryl methyl sites for hydroxylation is 8. The van der Waals surface area contributed by atoms with E-state index in [0.29, 0.717) is 35.9 Å². The van der Waals surface area contributed by atoms with Crippen molar-refractivity contribution in [3.05, 3.63) is 237 Å². The molecule has 0 aliphatic carbocycles. The lowest BCUT2D eigenvalue weighted by Crippen LogP contribution is -2.24. The van der Waals surface area contributed by atoms with Crippen LogP contribution in [-0.2, 0) is 108 Å². The standard InChI is InChI=1S/C17H23N3.C16H23N3O.C15H26FN3.C15H27N3.C15H25N3.C12H20BrN3.C12H20ClN3.C12H19N3/c1-11-6-8-13(9-7-11)10-14-12(2)19-16(18)20-15(14)17(3,4)5;1-16(2,3)15-12-8-7-11(20-6)9-13(12)17-14(18-15)10-19(4)5;1-10(2)13-11(3)18-12(9-17-8-7-16)19-14(13)15(4,5)6;2*1-8-9-12-11(2)16-13(10-18(6)7)17-14(12)15(3,4)5;2*1-8-10(13)11(12(2,3)4)15-9(14-8)7-16(5)6;1-6-7-9-8(2)14-11(13)15-10(9)12(3,4)5/h6-9H,10H2,1-5H3,(H2,18,19,20);7-9H,10H2,1-6H3;10,17H,7-9H2,1-6H3;8-10H2,1-7H3;8H,1,9-10H2,2-7H3;2*7H2,1-6H3;6H,1,7H2,2-5H3,(H2,13,14,15). The van der Waals surface area contributed by atoms with Crippen LogP contribution in [0.5, 0.6) is 5.75 Å². The fourth-order valence-corrected chi connectivity index (χ4v) is 16.7. The third-order valence-electron chi connectivity index (χ3n) is 22.0. The van der Waals surface area contributed by atoms with Crippen LogP contribution in [0.1, 0.15) is 359 Å². The molecule has 0 radical (unpaired) electrons. The van der Waals surface area contributed by atoms with Gasteiger partial charge in [0.15, 0.2) is 0 Å². The van der Waals surface area contributed by atoms with Gasteiger partial charge in [-0.3, -0.25) is 0 Å². The number of ether oxygens (including phenoxy) is 1. The summed E-state index contributed by atoms with van der Waals surface area (Å²) in [6.07, 6.45) is 8.48. The van der Waals surface area contributed by atoms with Gasteiger partial charge in [0.2, 0.25) is 11.9 Å². The molecule has 10 aromatic rings. The summed E-state index contributed by atoms with van der Waals surface area (Å²) in [5, 5.41) is 4.79. The molecule has 10 rings (SSSR count). The van der Waals surface area contributed by atoms with E-state index in [1.165, 1.54) is 39.1 Å². The minimum absolute atomic E-state index is 0.0118. The number of methoxy groups -OCH3 is 1. The molecule has 0 amide bonds.